The molecule has 7 atom stereocenters. The van der Waals surface area contributed by atoms with Crippen molar-refractivity contribution in [2.24, 2.45) is 35.5 Å². The first-order valence-electron chi connectivity index (χ1n) is 6.78. The van der Waals surface area contributed by atoms with E-state index in [1.807, 2.05) is 7.11 Å². The summed E-state index contributed by atoms with van der Waals surface area (Å²) < 4.78 is 5.85. The Bertz CT molecular complexity index is 300. The fraction of sp³-hybridized carbons (Fsp3) is 1.00. The summed E-state index contributed by atoms with van der Waals surface area (Å²) in [6, 6.07) is 0. The molecule has 0 saturated heterocycles. The number of methoxy groups -OCH3 is 1. The van der Waals surface area contributed by atoms with Crippen LogP contribution in [0.2, 0.25) is 0 Å². The summed E-state index contributed by atoms with van der Waals surface area (Å²) >= 11 is 0. The third kappa shape index (κ3) is 0.906. The number of fused-ring (bicyclic) bond motifs is 9. The van der Waals surface area contributed by atoms with Crippen molar-refractivity contribution in [1.82, 2.24) is 0 Å². The lowest BCUT2D eigenvalue weighted by Crippen LogP contribution is -2.43. The van der Waals surface area contributed by atoms with Crippen molar-refractivity contribution in [1.29, 1.82) is 0 Å². The van der Waals surface area contributed by atoms with Crippen LogP contribution in [0.25, 0.3) is 0 Å². The molecule has 0 heterocycles. The molecule has 0 N–H and O–H groups in total. The molecular formula is C14H22O. The van der Waals surface area contributed by atoms with Gasteiger partial charge in [-0.15, -0.1) is 0 Å². The molecule has 4 aliphatic rings. The summed E-state index contributed by atoms with van der Waals surface area (Å²) in [6.07, 6.45) is 7.51. The second-order valence-corrected chi connectivity index (χ2v) is 6.81. The van der Waals surface area contributed by atoms with E-state index < -0.39 is 0 Å². The lowest BCUT2D eigenvalue weighted by Gasteiger charge is -2.43. The van der Waals surface area contributed by atoms with Crippen LogP contribution < -0.4 is 0 Å². The topological polar surface area (TPSA) is 9.23 Å². The summed E-state index contributed by atoms with van der Waals surface area (Å²) in [5.41, 5.74) is 0.246. The summed E-state index contributed by atoms with van der Waals surface area (Å²) in [5.74, 6) is 6.33. The maximum atomic E-state index is 5.85. The molecular weight excluding hydrogens is 184 g/mol. The molecule has 1 heteroatoms. The first-order chi connectivity index (χ1) is 7.23. The van der Waals surface area contributed by atoms with Gasteiger partial charge < -0.3 is 4.74 Å². The van der Waals surface area contributed by atoms with E-state index in [-0.39, 0.29) is 5.60 Å². The Labute approximate surface area is 92.6 Å². The Hall–Kier alpha value is -0.0400. The number of hydrogen-bond acceptors (Lipinski definition) is 1. The molecule has 0 aromatic carbocycles. The quantitative estimate of drug-likeness (QED) is 0.599. The van der Waals surface area contributed by atoms with E-state index in [0.29, 0.717) is 0 Å². The van der Waals surface area contributed by atoms with E-state index in [1.165, 1.54) is 19.3 Å². The minimum absolute atomic E-state index is 0.246. The Morgan fingerprint density at radius 3 is 2.47 bits per heavy atom. The second kappa shape index (κ2) is 2.61. The standard InChI is InChI=1S/C14H22O/c1-14(15-2)7-10-6-11(14)13-9-4-3-8(5-9)12(10)13/h8-13H,3-7H2,1-2H3. The van der Waals surface area contributed by atoms with Gasteiger partial charge in [0.1, 0.15) is 0 Å². The minimum Gasteiger partial charge on any atom is -0.378 e. The lowest BCUT2D eigenvalue weighted by molar-refractivity contribution is -0.0800. The molecule has 0 aromatic heterocycles. The van der Waals surface area contributed by atoms with Crippen LogP contribution in [-0.4, -0.2) is 12.7 Å². The van der Waals surface area contributed by atoms with E-state index in [1.54, 1.807) is 12.8 Å². The van der Waals surface area contributed by atoms with Gasteiger partial charge in [0.25, 0.3) is 0 Å². The highest BCUT2D eigenvalue weighted by atomic mass is 16.5. The molecule has 4 saturated carbocycles. The lowest BCUT2D eigenvalue weighted by atomic mass is 9.66. The summed E-state index contributed by atoms with van der Waals surface area (Å²) in [4.78, 5) is 0. The SMILES string of the molecule is COC1(C)CC2CC1C1C3CCC(C3)C21. The maximum Gasteiger partial charge on any atom is 0.0684 e. The molecule has 1 nitrogen and oxygen atoms in total. The van der Waals surface area contributed by atoms with E-state index >= 15 is 0 Å². The molecule has 0 aliphatic heterocycles. The molecule has 0 radical (unpaired) electrons. The summed E-state index contributed by atoms with van der Waals surface area (Å²) in [7, 11) is 1.93. The van der Waals surface area contributed by atoms with E-state index in [0.717, 1.165) is 35.5 Å². The van der Waals surface area contributed by atoms with E-state index in [2.05, 4.69) is 6.92 Å². The molecule has 0 spiro atoms. The van der Waals surface area contributed by atoms with Gasteiger partial charge in [-0.1, -0.05) is 0 Å². The van der Waals surface area contributed by atoms with Crippen molar-refractivity contribution >= 4 is 0 Å². The molecule has 15 heavy (non-hydrogen) atoms. The highest BCUT2D eigenvalue weighted by Crippen LogP contribution is 2.70. The van der Waals surface area contributed by atoms with Crippen LogP contribution >= 0.6 is 0 Å². The molecule has 0 amide bonds. The van der Waals surface area contributed by atoms with Crippen LogP contribution in [0.4, 0.5) is 0 Å². The van der Waals surface area contributed by atoms with Crippen molar-refractivity contribution in [2.45, 2.75) is 44.6 Å². The molecule has 84 valence electrons. The largest absolute Gasteiger partial charge is 0.378 e. The summed E-state index contributed by atoms with van der Waals surface area (Å²) in [5, 5.41) is 0. The van der Waals surface area contributed by atoms with Crippen LogP contribution in [0.5, 0.6) is 0 Å². The number of ether oxygens (including phenoxy) is 1. The molecule has 4 bridgehead atoms. The van der Waals surface area contributed by atoms with Crippen molar-refractivity contribution in [3.63, 3.8) is 0 Å². The van der Waals surface area contributed by atoms with Crippen molar-refractivity contribution < 1.29 is 4.74 Å². The third-order valence-electron chi connectivity index (χ3n) is 6.53. The predicted octanol–water partition coefficient (Wildman–Crippen LogP) is 3.09. The third-order valence-corrected chi connectivity index (χ3v) is 6.53. The van der Waals surface area contributed by atoms with Crippen LogP contribution in [-0.2, 0) is 4.74 Å². The zero-order valence-electron chi connectivity index (χ0n) is 9.91. The monoisotopic (exact) mass is 206 g/mol. The Morgan fingerprint density at radius 1 is 1.00 bits per heavy atom. The molecule has 0 aromatic rings. The Morgan fingerprint density at radius 2 is 1.73 bits per heavy atom. The van der Waals surface area contributed by atoms with E-state index in [4.69, 9.17) is 4.74 Å². The van der Waals surface area contributed by atoms with Gasteiger partial charge in [0.15, 0.2) is 0 Å². The van der Waals surface area contributed by atoms with Gasteiger partial charge in [-0.05, 0) is 74.5 Å². The fourth-order valence-electron chi connectivity index (χ4n) is 6.10. The average Bonchev–Trinajstić information content (AvgIpc) is 2.93. The van der Waals surface area contributed by atoms with Crippen LogP contribution in [0.1, 0.15) is 39.0 Å². The van der Waals surface area contributed by atoms with Gasteiger partial charge in [0.2, 0.25) is 0 Å². The maximum absolute atomic E-state index is 5.85. The van der Waals surface area contributed by atoms with Gasteiger partial charge in [-0.2, -0.15) is 0 Å². The van der Waals surface area contributed by atoms with Crippen molar-refractivity contribution in [2.75, 3.05) is 7.11 Å². The van der Waals surface area contributed by atoms with E-state index in [9.17, 15) is 0 Å². The van der Waals surface area contributed by atoms with Gasteiger partial charge in [0, 0.05) is 7.11 Å². The minimum atomic E-state index is 0.246. The molecule has 4 aliphatic carbocycles. The highest BCUT2D eigenvalue weighted by Gasteiger charge is 2.65. The number of hydrogen-bond donors (Lipinski definition) is 0. The van der Waals surface area contributed by atoms with Crippen molar-refractivity contribution in [3.05, 3.63) is 0 Å². The number of rotatable bonds is 1. The molecule has 4 rings (SSSR count). The first kappa shape index (κ1) is 9.04. The predicted molar refractivity (Wildman–Crippen MR) is 59.4 cm³/mol. The first-order valence-corrected chi connectivity index (χ1v) is 6.78. The average molecular weight is 206 g/mol. The zero-order valence-corrected chi connectivity index (χ0v) is 9.91. The smallest absolute Gasteiger partial charge is 0.0684 e. The second-order valence-electron chi connectivity index (χ2n) is 6.81. The van der Waals surface area contributed by atoms with Crippen molar-refractivity contribution in [3.8, 4) is 0 Å². The van der Waals surface area contributed by atoms with Gasteiger partial charge >= 0.3 is 0 Å². The van der Waals surface area contributed by atoms with Gasteiger partial charge in [-0.3, -0.25) is 0 Å². The van der Waals surface area contributed by atoms with Crippen LogP contribution in [0, 0.1) is 35.5 Å². The Balaban J connectivity index is 1.71. The normalized spacial score (nSPS) is 65.2. The fourth-order valence-corrected chi connectivity index (χ4v) is 6.10. The summed E-state index contributed by atoms with van der Waals surface area (Å²) in [6.45, 7) is 2.37. The highest BCUT2D eigenvalue weighted by molar-refractivity contribution is 5.15. The van der Waals surface area contributed by atoms with Crippen LogP contribution in [0.15, 0.2) is 0 Å². The molecule has 4 fully saturated rings. The van der Waals surface area contributed by atoms with Crippen LogP contribution in [0.3, 0.4) is 0 Å². The Kier molecular flexibility index (Phi) is 1.57. The zero-order chi connectivity index (χ0) is 10.2. The van der Waals surface area contributed by atoms with Gasteiger partial charge in [-0.25, -0.2) is 0 Å². The molecule has 7 unspecified atom stereocenters. The van der Waals surface area contributed by atoms with Gasteiger partial charge in [0.05, 0.1) is 5.60 Å².